The molecule has 8 heteroatoms. The molecule has 0 aliphatic carbocycles. The van der Waals surface area contributed by atoms with Crippen molar-refractivity contribution in [1.82, 2.24) is 4.72 Å². The molecular weight excluding hydrogens is 378 g/mol. The van der Waals surface area contributed by atoms with Gasteiger partial charge in [0.2, 0.25) is 0 Å². The number of carboxylic acid groups (broad SMARTS) is 1. The van der Waals surface area contributed by atoms with Gasteiger partial charge in [0.15, 0.2) is 0 Å². The van der Waals surface area contributed by atoms with Crippen molar-refractivity contribution in [3.05, 3.63) is 51.3 Å². The third-order valence-electron chi connectivity index (χ3n) is 2.76. The van der Waals surface area contributed by atoms with Crippen LogP contribution in [0.1, 0.15) is 15.9 Å². The number of carbonyl (C=O) groups is 1. The van der Waals surface area contributed by atoms with Crippen LogP contribution < -0.4 is 4.72 Å². The Balaban J connectivity index is 2.06. The SMILES string of the molecule is O=C(O)c1ccccc1CCNS(=O)(=O)c1sccc1Br. The Labute approximate surface area is 134 Å². The highest BCUT2D eigenvalue weighted by molar-refractivity contribution is 9.10. The Hall–Kier alpha value is -1.22. The molecule has 0 spiro atoms. The molecule has 5 nitrogen and oxygen atoms in total. The molecule has 0 aliphatic heterocycles. The summed E-state index contributed by atoms with van der Waals surface area (Å²) in [5, 5.41) is 10.7. The number of nitrogens with one attached hydrogen (secondary N) is 1. The second-order valence-electron chi connectivity index (χ2n) is 4.17. The van der Waals surface area contributed by atoms with E-state index in [1.54, 1.807) is 29.6 Å². The van der Waals surface area contributed by atoms with Crippen LogP contribution >= 0.6 is 27.3 Å². The summed E-state index contributed by atoms with van der Waals surface area (Å²) in [5.41, 5.74) is 0.784. The highest BCUT2D eigenvalue weighted by Crippen LogP contribution is 2.27. The molecule has 0 bridgehead atoms. The van der Waals surface area contributed by atoms with E-state index < -0.39 is 16.0 Å². The zero-order valence-corrected chi connectivity index (χ0v) is 14.0. The lowest BCUT2D eigenvalue weighted by Gasteiger charge is -2.07. The van der Waals surface area contributed by atoms with Crippen molar-refractivity contribution in [2.75, 3.05) is 6.54 Å². The van der Waals surface area contributed by atoms with Crippen LogP contribution in [0.25, 0.3) is 0 Å². The summed E-state index contributed by atoms with van der Waals surface area (Å²) in [5.74, 6) is -1.02. The van der Waals surface area contributed by atoms with Gasteiger partial charge in [0.05, 0.1) is 5.56 Å². The van der Waals surface area contributed by atoms with E-state index in [-0.39, 0.29) is 16.3 Å². The number of carboxylic acids is 1. The van der Waals surface area contributed by atoms with Gasteiger partial charge >= 0.3 is 5.97 Å². The summed E-state index contributed by atoms with van der Waals surface area (Å²) in [6, 6.07) is 8.21. The van der Waals surface area contributed by atoms with Crippen LogP contribution in [0.5, 0.6) is 0 Å². The smallest absolute Gasteiger partial charge is 0.335 e. The van der Waals surface area contributed by atoms with Gasteiger partial charge in [-0.3, -0.25) is 0 Å². The third kappa shape index (κ3) is 3.91. The van der Waals surface area contributed by atoms with E-state index in [2.05, 4.69) is 20.7 Å². The Morgan fingerprint density at radius 1 is 1.29 bits per heavy atom. The van der Waals surface area contributed by atoms with E-state index in [0.29, 0.717) is 16.5 Å². The van der Waals surface area contributed by atoms with Crippen LogP contribution in [0.2, 0.25) is 0 Å². The number of hydrogen-bond acceptors (Lipinski definition) is 4. The number of sulfonamides is 1. The minimum absolute atomic E-state index is 0.136. The van der Waals surface area contributed by atoms with Gasteiger partial charge in [-0.25, -0.2) is 17.9 Å². The molecule has 2 rings (SSSR count). The van der Waals surface area contributed by atoms with E-state index in [0.717, 1.165) is 11.3 Å². The van der Waals surface area contributed by atoms with Crippen molar-refractivity contribution >= 4 is 43.3 Å². The monoisotopic (exact) mass is 389 g/mol. The minimum atomic E-state index is -3.58. The zero-order valence-electron chi connectivity index (χ0n) is 10.7. The Morgan fingerprint density at radius 2 is 2.00 bits per heavy atom. The number of benzene rings is 1. The summed E-state index contributed by atoms with van der Waals surface area (Å²) in [6.07, 6.45) is 0.310. The summed E-state index contributed by atoms with van der Waals surface area (Å²) in [4.78, 5) is 11.1. The second-order valence-corrected chi connectivity index (χ2v) is 7.90. The average molecular weight is 390 g/mol. The van der Waals surface area contributed by atoms with Crippen LogP contribution in [0.15, 0.2) is 44.4 Å². The van der Waals surface area contributed by atoms with Crippen molar-refractivity contribution < 1.29 is 18.3 Å². The fourth-order valence-corrected chi connectivity index (χ4v) is 5.22. The first-order chi connectivity index (χ1) is 9.92. The molecule has 1 heterocycles. The standard InChI is InChI=1S/C13H12BrNO4S2/c14-11-6-8-20-13(11)21(18,19)15-7-5-9-3-1-2-4-10(9)12(16)17/h1-4,6,8,15H,5,7H2,(H,16,17). The van der Waals surface area contributed by atoms with Crippen molar-refractivity contribution in [1.29, 1.82) is 0 Å². The van der Waals surface area contributed by atoms with Gasteiger partial charge in [-0.05, 0) is 45.4 Å². The molecule has 2 N–H and O–H groups in total. The average Bonchev–Trinajstić information content (AvgIpc) is 2.86. The number of halogens is 1. The molecule has 0 saturated heterocycles. The van der Waals surface area contributed by atoms with Crippen LogP contribution in [0, 0.1) is 0 Å². The summed E-state index contributed by atoms with van der Waals surface area (Å²) in [7, 11) is -3.58. The Bertz CT molecular complexity index is 755. The maximum atomic E-state index is 12.1. The molecule has 0 atom stereocenters. The van der Waals surface area contributed by atoms with Gasteiger partial charge in [0, 0.05) is 11.0 Å². The molecule has 1 aromatic carbocycles. The van der Waals surface area contributed by atoms with Gasteiger partial charge in [-0.2, -0.15) is 0 Å². The van der Waals surface area contributed by atoms with Gasteiger partial charge in [-0.1, -0.05) is 18.2 Å². The lowest BCUT2D eigenvalue weighted by atomic mass is 10.1. The lowest BCUT2D eigenvalue weighted by Crippen LogP contribution is -2.26. The molecule has 21 heavy (non-hydrogen) atoms. The van der Waals surface area contributed by atoms with E-state index in [1.165, 1.54) is 6.07 Å². The van der Waals surface area contributed by atoms with Crippen LogP contribution in [0.3, 0.4) is 0 Å². The van der Waals surface area contributed by atoms with E-state index in [4.69, 9.17) is 5.11 Å². The van der Waals surface area contributed by atoms with E-state index in [1.807, 2.05) is 0 Å². The van der Waals surface area contributed by atoms with Crippen molar-refractivity contribution in [2.45, 2.75) is 10.6 Å². The molecule has 2 aromatic rings. The van der Waals surface area contributed by atoms with E-state index in [9.17, 15) is 13.2 Å². The van der Waals surface area contributed by atoms with Gasteiger partial charge < -0.3 is 5.11 Å². The third-order valence-corrected chi connectivity index (χ3v) is 6.89. The molecule has 0 amide bonds. The highest BCUT2D eigenvalue weighted by Gasteiger charge is 2.19. The van der Waals surface area contributed by atoms with Gasteiger partial charge in [0.1, 0.15) is 4.21 Å². The predicted octanol–water partition coefficient (Wildman–Crippen LogP) is 2.73. The summed E-state index contributed by atoms with van der Waals surface area (Å²) < 4.78 is 27.4. The quantitative estimate of drug-likeness (QED) is 0.795. The number of hydrogen-bond donors (Lipinski definition) is 2. The first-order valence-corrected chi connectivity index (χ1v) is 9.11. The molecule has 0 saturated carbocycles. The van der Waals surface area contributed by atoms with Crippen LogP contribution in [0.4, 0.5) is 0 Å². The predicted molar refractivity (Wildman–Crippen MR) is 84.3 cm³/mol. The summed E-state index contributed by atoms with van der Waals surface area (Å²) >= 11 is 4.30. The normalized spacial score (nSPS) is 11.5. The molecule has 112 valence electrons. The lowest BCUT2D eigenvalue weighted by molar-refractivity contribution is 0.0695. The van der Waals surface area contributed by atoms with Gasteiger partial charge in [0.25, 0.3) is 10.0 Å². The number of aromatic carboxylic acids is 1. The van der Waals surface area contributed by atoms with Crippen molar-refractivity contribution in [3.8, 4) is 0 Å². The minimum Gasteiger partial charge on any atom is -0.478 e. The molecule has 0 aliphatic rings. The topological polar surface area (TPSA) is 83.5 Å². The second kappa shape index (κ2) is 6.69. The first kappa shape index (κ1) is 16.2. The Morgan fingerprint density at radius 3 is 2.62 bits per heavy atom. The maximum Gasteiger partial charge on any atom is 0.335 e. The van der Waals surface area contributed by atoms with Crippen LogP contribution in [-0.2, 0) is 16.4 Å². The largest absolute Gasteiger partial charge is 0.478 e. The molecule has 1 aromatic heterocycles. The number of rotatable bonds is 6. The molecular formula is C13H12BrNO4S2. The first-order valence-electron chi connectivity index (χ1n) is 5.95. The highest BCUT2D eigenvalue weighted by atomic mass is 79.9. The van der Waals surface area contributed by atoms with Crippen molar-refractivity contribution in [3.63, 3.8) is 0 Å². The fraction of sp³-hybridized carbons (Fsp3) is 0.154. The Kier molecular flexibility index (Phi) is 5.15. The van der Waals surface area contributed by atoms with Crippen molar-refractivity contribution in [2.24, 2.45) is 0 Å². The fourth-order valence-electron chi connectivity index (χ4n) is 1.80. The molecule has 0 unspecified atom stereocenters. The van der Waals surface area contributed by atoms with Gasteiger partial charge in [-0.15, -0.1) is 11.3 Å². The van der Waals surface area contributed by atoms with E-state index >= 15 is 0 Å². The zero-order chi connectivity index (χ0) is 15.5. The molecule has 0 fully saturated rings. The molecule has 0 radical (unpaired) electrons. The maximum absolute atomic E-state index is 12.1. The summed E-state index contributed by atoms with van der Waals surface area (Å²) in [6.45, 7) is 0.136. The van der Waals surface area contributed by atoms with Crippen LogP contribution in [-0.4, -0.2) is 26.0 Å². The number of thiophene rings is 1.